The van der Waals surface area contributed by atoms with Gasteiger partial charge < -0.3 is 5.11 Å². The van der Waals surface area contributed by atoms with Crippen molar-refractivity contribution in [2.75, 3.05) is 0 Å². The molecular weight excluding hydrogens is 333 g/mol. The van der Waals surface area contributed by atoms with Crippen LogP contribution in [0.3, 0.4) is 0 Å². The molecule has 2 saturated heterocycles. The summed E-state index contributed by atoms with van der Waals surface area (Å²) < 4.78 is 15.2. The highest BCUT2D eigenvalue weighted by Gasteiger charge is 2.49. The number of nitrogens with zero attached hydrogens (tertiary/aromatic N) is 3. The van der Waals surface area contributed by atoms with E-state index in [1.54, 1.807) is 12.1 Å². The predicted molar refractivity (Wildman–Crippen MR) is 93.6 cm³/mol. The van der Waals surface area contributed by atoms with Crippen molar-refractivity contribution in [3.63, 3.8) is 0 Å². The third-order valence-corrected chi connectivity index (χ3v) is 6.42. The summed E-state index contributed by atoms with van der Waals surface area (Å²) >= 11 is 0. The molecule has 0 spiro atoms. The fourth-order valence-corrected chi connectivity index (χ4v) is 5.22. The number of benzene rings is 1. The average Bonchev–Trinajstić information content (AvgIpc) is 3.38. The first kappa shape index (κ1) is 16.0. The Morgan fingerprint density at radius 1 is 1.23 bits per heavy atom. The van der Waals surface area contributed by atoms with Crippen LogP contribution in [0.15, 0.2) is 24.3 Å². The van der Waals surface area contributed by atoms with E-state index in [-0.39, 0.29) is 17.8 Å². The van der Waals surface area contributed by atoms with Gasteiger partial charge in [0.05, 0.1) is 17.3 Å². The molecule has 0 radical (unpaired) electrons. The Hall–Kier alpha value is -2.21. The van der Waals surface area contributed by atoms with Crippen molar-refractivity contribution in [1.82, 2.24) is 14.7 Å². The number of aliphatic carboxylic acids is 1. The number of hydrogen-bond donors (Lipinski definition) is 1. The number of carbonyl (C=O) groups is 1. The number of halogens is 1. The second-order valence-electron chi connectivity index (χ2n) is 7.77. The average molecular weight is 355 g/mol. The molecule has 2 bridgehead atoms. The van der Waals surface area contributed by atoms with E-state index in [9.17, 15) is 14.3 Å². The van der Waals surface area contributed by atoms with Crippen LogP contribution < -0.4 is 0 Å². The monoisotopic (exact) mass is 355 g/mol. The largest absolute Gasteiger partial charge is 0.481 e. The van der Waals surface area contributed by atoms with E-state index < -0.39 is 5.97 Å². The molecule has 3 unspecified atom stereocenters. The minimum atomic E-state index is -0.663. The third kappa shape index (κ3) is 2.39. The molecular formula is C20H22FN3O2. The molecule has 3 atom stereocenters. The van der Waals surface area contributed by atoms with E-state index in [1.807, 2.05) is 4.68 Å². The molecule has 5 rings (SSSR count). The van der Waals surface area contributed by atoms with Gasteiger partial charge >= 0.3 is 5.97 Å². The topological polar surface area (TPSA) is 58.4 Å². The molecule has 1 aliphatic carbocycles. The molecule has 3 aliphatic rings. The van der Waals surface area contributed by atoms with Gasteiger partial charge in [-0.2, -0.15) is 5.10 Å². The summed E-state index contributed by atoms with van der Waals surface area (Å²) in [6.45, 7) is 0.732. The first-order chi connectivity index (χ1) is 12.6. The summed E-state index contributed by atoms with van der Waals surface area (Å²) in [5, 5.41) is 14.3. The molecule has 26 heavy (non-hydrogen) atoms. The van der Waals surface area contributed by atoms with Crippen LogP contribution in [-0.4, -0.2) is 37.8 Å². The van der Waals surface area contributed by atoms with Gasteiger partial charge in [-0.05, 0) is 68.4 Å². The first-order valence-corrected chi connectivity index (χ1v) is 9.46. The normalized spacial score (nSPS) is 27.2. The van der Waals surface area contributed by atoms with Gasteiger partial charge in [0.15, 0.2) is 0 Å². The van der Waals surface area contributed by atoms with Gasteiger partial charge in [0, 0.05) is 24.3 Å². The van der Waals surface area contributed by atoms with Gasteiger partial charge in [-0.3, -0.25) is 9.69 Å². The zero-order valence-electron chi connectivity index (χ0n) is 14.6. The Balaban J connectivity index is 1.47. The number of carboxylic acids is 1. The second kappa shape index (κ2) is 5.91. The quantitative estimate of drug-likeness (QED) is 0.916. The highest BCUT2D eigenvalue weighted by Crippen LogP contribution is 2.43. The van der Waals surface area contributed by atoms with Crippen molar-refractivity contribution >= 4 is 5.97 Å². The molecule has 0 amide bonds. The second-order valence-corrected chi connectivity index (χ2v) is 7.77. The van der Waals surface area contributed by atoms with Crippen LogP contribution in [0.4, 0.5) is 4.39 Å². The van der Waals surface area contributed by atoms with E-state index in [1.165, 1.54) is 23.4 Å². The molecule has 2 aliphatic heterocycles. The summed E-state index contributed by atoms with van der Waals surface area (Å²) in [5.41, 5.74) is 4.51. The number of fused-ring (bicyclic) bond motifs is 3. The molecule has 2 aromatic rings. The summed E-state index contributed by atoms with van der Waals surface area (Å²) in [4.78, 5) is 13.9. The van der Waals surface area contributed by atoms with Crippen LogP contribution in [0.2, 0.25) is 0 Å². The van der Waals surface area contributed by atoms with Crippen molar-refractivity contribution in [1.29, 1.82) is 0 Å². The first-order valence-electron chi connectivity index (χ1n) is 9.46. The minimum Gasteiger partial charge on any atom is -0.481 e. The maximum absolute atomic E-state index is 13.3. The fourth-order valence-electron chi connectivity index (χ4n) is 5.22. The lowest BCUT2D eigenvalue weighted by Gasteiger charge is -2.22. The van der Waals surface area contributed by atoms with E-state index in [0.29, 0.717) is 6.04 Å². The standard InChI is InChI=1S/C20H22FN3O2/c21-12-4-6-13(7-5-12)24-19-3-1-2-15(19)17(22-24)11-23-14-8-9-18(23)16(10-14)20(25)26/h4-7,14,16,18H,1-3,8-11H2,(H,25,26). The minimum absolute atomic E-state index is 0.144. The molecule has 1 aromatic heterocycles. The SMILES string of the molecule is O=C(O)C1CC2CCC1N2Cc1nn(-c2ccc(F)cc2)c2c1CCC2. The van der Waals surface area contributed by atoms with Gasteiger partial charge in [-0.15, -0.1) is 0 Å². The number of carboxylic acid groups (broad SMARTS) is 1. The van der Waals surface area contributed by atoms with Crippen molar-refractivity contribution in [3.05, 3.63) is 47.0 Å². The van der Waals surface area contributed by atoms with Crippen LogP contribution in [0.25, 0.3) is 5.69 Å². The highest BCUT2D eigenvalue weighted by atomic mass is 19.1. The van der Waals surface area contributed by atoms with Gasteiger partial charge in [-0.25, -0.2) is 9.07 Å². The summed E-state index contributed by atoms with van der Waals surface area (Å²) in [6.07, 6.45) is 5.96. The summed E-state index contributed by atoms with van der Waals surface area (Å²) in [5.74, 6) is -1.14. The molecule has 136 valence electrons. The number of hydrogen-bond acceptors (Lipinski definition) is 3. The van der Waals surface area contributed by atoms with Crippen molar-refractivity contribution in [2.45, 2.75) is 57.2 Å². The van der Waals surface area contributed by atoms with Crippen LogP contribution in [-0.2, 0) is 24.2 Å². The van der Waals surface area contributed by atoms with Gasteiger partial charge in [0.1, 0.15) is 5.82 Å². The maximum Gasteiger partial charge on any atom is 0.308 e. The Morgan fingerprint density at radius 3 is 2.77 bits per heavy atom. The van der Waals surface area contributed by atoms with E-state index >= 15 is 0 Å². The van der Waals surface area contributed by atoms with Gasteiger partial charge in [0.2, 0.25) is 0 Å². The lowest BCUT2D eigenvalue weighted by Crippen LogP contribution is -2.32. The van der Waals surface area contributed by atoms with E-state index in [4.69, 9.17) is 5.10 Å². The van der Waals surface area contributed by atoms with Crippen LogP contribution in [0.5, 0.6) is 0 Å². The molecule has 1 aromatic carbocycles. The van der Waals surface area contributed by atoms with E-state index in [2.05, 4.69) is 4.90 Å². The van der Waals surface area contributed by atoms with Crippen molar-refractivity contribution in [3.8, 4) is 5.69 Å². The smallest absolute Gasteiger partial charge is 0.308 e. The zero-order valence-corrected chi connectivity index (χ0v) is 14.6. The van der Waals surface area contributed by atoms with Crippen LogP contribution in [0, 0.1) is 11.7 Å². The Labute approximate surface area is 151 Å². The van der Waals surface area contributed by atoms with Crippen molar-refractivity contribution in [2.24, 2.45) is 5.92 Å². The van der Waals surface area contributed by atoms with Gasteiger partial charge in [0.25, 0.3) is 0 Å². The maximum atomic E-state index is 13.3. The fraction of sp³-hybridized carbons (Fsp3) is 0.500. The van der Waals surface area contributed by atoms with Crippen LogP contribution >= 0.6 is 0 Å². The Morgan fingerprint density at radius 2 is 2.04 bits per heavy atom. The lowest BCUT2D eigenvalue weighted by molar-refractivity contribution is -0.142. The van der Waals surface area contributed by atoms with Crippen molar-refractivity contribution < 1.29 is 14.3 Å². The molecule has 0 saturated carbocycles. The summed E-state index contributed by atoms with van der Waals surface area (Å²) in [6, 6.07) is 6.99. The summed E-state index contributed by atoms with van der Waals surface area (Å²) in [7, 11) is 0. The molecule has 3 heterocycles. The number of aromatic nitrogens is 2. The molecule has 2 fully saturated rings. The molecule has 1 N–H and O–H groups in total. The van der Waals surface area contributed by atoms with E-state index in [0.717, 1.165) is 56.5 Å². The molecule has 5 nitrogen and oxygen atoms in total. The zero-order chi connectivity index (χ0) is 17.8. The lowest BCUT2D eigenvalue weighted by atomic mass is 9.89. The Kier molecular flexibility index (Phi) is 3.64. The predicted octanol–water partition coefficient (Wildman–Crippen LogP) is 2.94. The highest BCUT2D eigenvalue weighted by molar-refractivity contribution is 5.71. The van der Waals surface area contributed by atoms with Crippen LogP contribution in [0.1, 0.15) is 42.6 Å². The number of rotatable bonds is 4. The van der Waals surface area contributed by atoms with Gasteiger partial charge in [-0.1, -0.05) is 0 Å². The third-order valence-electron chi connectivity index (χ3n) is 6.42. The molecule has 6 heteroatoms. The Bertz CT molecular complexity index is 861.